The zero-order valence-electron chi connectivity index (χ0n) is 13.0. The summed E-state index contributed by atoms with van der Waals surface area (Å²) in [5.41, 5.74) is -1.65. The van der Waals surface area contributed by atoms with Crippen molar-refractivity contribution in [3.05, 3.63) is 54.6 Å². The summed E-state index contributed by atoms with van der Waals surface area (Å²) in [4.78, 5) is 49.9. The fourth-order valence-corrected chi connectivity index (χ4v) is 3.31. The Hall–Kier alpha value is -3.13. The van der Waals surface area contributed by atoms with Crippen LogP contribution in [-0.4, -0.2) is 31.7 Å². The van der Waals surface area contributed by atoms with Crippen LogP contribution in [0.3, 0.4) is 0 Å². The third kappa shape index (κ3) is 2.30. The quantitative estimate of drug-likeness (QED) is 0.595. The van der Waals surface area contributed by atoms with Crippen molar-refractivity contribution in [3.63, 3.8) is 0 Å². The summed E-state index contributed by atoms with van der Waals surface area (Å²) in [5.74, 6) is -2.65. The van der Waals surface area contributed by atoms with Crippen molar-refractivity contribution < 1.29 is 19.8 Å². The molecule has 3 rings (SSSR count). The first-order chi connectivity index (χ1) is 11.6. The van der Waals surface area contributed by atoms with Crippen LogP contribution in [0, 0.1) is 6.92 Å². The highest BCUT2D eigenvalue weighted by atomic mass is 35.5. The number of aryl methyl sites for hydroxylation is 1. The molecule has 0 atom stereocenters. The van der Waals surface area contributed by atoms with E-state index >= 15 is 0 Å². The van der Waals surface area contributed by atoms with Crippen molar-refractivity contribution in [3.8, 4) is 0 Å². The van der Waals surface area contributed by atoms with Crippen LogP contribution >= 0.6 is 11.6 Å². The first kappa shape index (κ1) is 16.7. The molecule has 0 radical (unpaired) electrons. The predicted octanol–water partition coefficient (Wildman–Crippen LogP) is 1.74. The molecule has 2 aromatic heterocycles. The lowest BCUT2D eigenvalue weighted by Crippen LogP contribution is -2.21. The van der Waals surface area contributed by atoms with Crippen molar-refractivity contribution in [1.29, 1.82) is 0 Å². The van der Waals surface area contributed by atoms with Gasteiger partial charge < -0.3 is 19.8 Å². The molecule has 0 fully saturated rings. The van der Waals surface area contributed by atoms with Gasteiger partial charge in [-0.25, -0.2) is 9.59 Å². The van der Waals surface area contributed by atoms with E-state index in [9.17, 15) is 24.3 Å². The normalized spacial score (nSPS) is 11.2. The molecule has 0 aliphatic rings. The van der Waals surface area contributed by atoms with E-state index in [-0.39, 0.29) is 43.8 Å². The summed E-state index contributed by atoms with van der Waals surface area (Å²) >= 11 is 6.31. The molecule has 0 bridgehead atoms. The number of benzene rings is 1. The van der Waals surface area contributed by atoms with E-state index in [1.165, 1.54) is 24.6 Å². The van der Waals surface area contributed by atoms with Gasteiger partial charge in [-0.2, -0.15) is 0 Å². The lowest BCUT2D eigenvalue weighted by atomic mass is 10.0. The summed E-state index contributed by atoms with van der Waals surface area (Å²) in [6.45, 7) is 1.38. The third-order valence-electron chi connectivity index (χ3n) is 4.09. The summed E-state index contributed by atoms with van der Waals surface area (Å²) in [7, 11) is 1.43. The van der Waals surface area contributed by atoms with Crippen LogP contribution in [0.2, 0.25) is 5.02 Å². The van der Waals surface area contributed by atoms with E-state index < -0.39 is 22.8 Å². The molecule has 0 aliphatic carbocycles. The van der Waals surface area contributed by atoms with E-state index in [0.29, 0.717) is 0 Å². The smallest absolute Gasteiger partial charge is 0.352 e. The van der Waals surface area contributed by atoms with Crippen LogP contribution in [-0.2, 0) is 7.05 Å². The highest BCUT2D eigenvalue weighted by molar-refractivity contribution is 6.40. The standard InChI is InChI=1S/C16H11ClN2O6/c1-5-12(16(24)25)19(2)13-7(14(5)21)3-6-9(20)4-8(15(22)23)18-11(6)10(13)17/h3-4H,1-2H3,(H,18,20)(H,22,23)(H,24,25). The van der Waals surface area contributed by atoms with Gasteiger partial charge >= 0.3 is 11.9 Å². The lowest BCUT2D eigenvalue weighted by Gasteiger charge is -2.15. The van der Waals surface area contributed by atoms with E-state index in [4.69, 9.17) is 16.7 Å². The zero-order chi connectivity index (χ0) is 18.6. The zero-order valence-corrected chi connectivity index (χ0v) is 13.8. The van der Waals surface area contributed by atoms with Crippen LogP contribution in [0.25, 0.3) is 21.8 Å². The maximum Gasteiger partial charge on any atom is 0.352 e. The van der Waals surface area contributed by atoms with Crippen molar-refractivity contribution in [2.75, 3.05) is 0 Å². The minimum Gasteiger partial charge on any atom is -0.477 e. The maximum atomic E-state index is 12.5. The number of rotatable bonds is 2. The molecule has 3 N–H and O–H groups in total. The van der Waals surface area contributed by atoms with Crippen LogP contribution in [0.5, 0.6) is 0 Å². The average molecular weight is 363 g/mol. The molecular formula is C16H11ClN2O6. The summed E-state index contributed by atoms with van der Waals surface area (Å²) in [6.07, 6.45) is 0. The fourth-order valence-electron chi connectivity index (χ4n) is 2.93. The molecule has 0 unspecified atom stereocenters. The van der Waals surface area contributed by atoms with Gasteiger partial charge in [0.15, 0.2) is 10.9 Å². The maximum absolute atomic E-state index is 12.5. The number of hydrogen-bond donors (Lipinski definition) is 3. The molecule has 3 aromatic rings. The number of aromatic amines is 1. The Morgan fingerprint density at radius 3 is 2.32 bits per heavy atom. The Labute approximate surface area is 143 Å². The minimum atomic E-state index is -1.35. The van der Waals surface area contributed by atoms with Crippen LogP contribution in [0.1, 0.15) is 26.5 Å². The number of pyridine rings is 2. The molecule has 25 heavy (non-hydrogen) atoms. The van der Waals surface area contributed by atoms with Crippen LogP contribution in [0.4, 0.5) is 0 Å². The molecule has 1 aromatic carbocycles. The average Bonchev–Trinajstić information content (AvgIpc) is 2.52. The Bertz CT molecular complexity index is 1220. The molecule has 2 heterocycles. The largest absolute Gasteiger partial charge is 0.477 e. The van der Waals surface area contributed by atoms with E-state index in [2.05, 4.69) is 4.98 Å². The number of aromatic nitrogens is 2. The highest BCUT2D eigenvalue weighted by Crippen LogP contribution is 2.29. The second-order valence-electron chi connectivity index (χ2n) is 5.53. The van der Waals surface area contributed by atoms with Gasteiger partial charge in [-0.3, -0.25) is 9.59 Å². The fraction of sp³-hybridized carbons (Fsp3) is 0.125. The van der Waals surface area contributed by atoms with Gasteiger partial charge in [0.2, 0.25) is 0 Å². The molecule has 9 heteroatoms. The Balaban J connectivity index is 2.67. The number of carboxylic acid groups (broad SMARTS) is 2. The van der Waals surface area contributed by atoms with Crippen molar-refractivity contribution in [1.82, 2.24) is 9.55 Å². The van der Waals surface area contributed by atoms with E-state index in [1.807, 2.05) is 0 Å². The van der Waals surface area contributed by atoms with Gasteiger partial charge in [-0.15, -0.1) is 0 Å². The summed E-state index contributed by atoms with van der Waals surface area (Å²) in [6, 6.07) is 2.19. The van der Waals surface area contributed by atoms with Crippen molar-refractivity contribution in [2.24, 2.45) is 7.05 Å². The number of carboxylic acids is 2. The summed E-state index contributed by atoms with van der Waals surface area (Å²) < 4.78 is 1.24. The minimum absolute atomic E-state index is 0.0106. The Morgan fingerprint density at radius 1 is 1.12 bits per heavy atom. The molecule has 0 saturated heterocycles. The van der Waals surface area contributed by atoms with E-state index in [0.717, 1.165) is 6.07 Å². The highest BCUT2D eigenvalue weighted by Gasteiger charge is 2.21. The van der Waals surface area contributed by atoms with Crippen molar-refractivity contribution in [2.45, 2.75) is 6.92 Å². The number of hydrogen-bond acceptors (Lipinski definition) is 4. The van der Waals surface area contributed by atoms with Gasteiger partial charge in [0.05, 0.1) is 16.1 Å². The van der Waals surface area contributed by atoms with Crippen LogP contribution in [0.15, 0.2) is 21.7 Å². The predicted molar refractivity (Wildman–Crippen MR) is 91.0 cm³/mol. The summed E-state index contributed by atoms with van der Waals surface area (Å²) in [5, 5.41) is 18.5. The van der Waals surface area contributed by atoms with Gasteiger partial charge in [0.25, 0.3) is 0 Å². The molecular weight excluding hydrogens is 352 g/mol. The SMILES string of the molecule is Cc1c(C(=O)O)n(C)c2c(Cl)c3[nH]c(C(=O)O)cc(=O)c3cc2c1=O. The number of aromatic carboxylic acids is 2. The molecule has 0 amide bonds. The Kier molecular flexibility index (Phi) is 3.65. The van der Waals surface area contributed by atoms with Gasteiger partial charge in [-0.1, -0.05) is 11.6 Å². The van der Waals surface area contributed by atoms with E-state index in [1.54, 1.807) is 0 Å². The van der Waals surface area contributed by atoms with Gasteiger partial charge in [-0.05, 0) is 13.0 Å². The topological polar surface area (TPSA) is 129 Å². The number of halogens is 1. The Morgan fingerprint density at radius 2 is 1.76 bits per heavy atom. The van der Waals surface area contributed by atoms with Crippen molar-refractivity contribution >= 4 is 45.3 Å². The molecule has 128 valence electrons. The second-order valence-corrected chi connectivity index (χ2v) is 5.91. The van der Waals surface area contributed by atoms with Crippen LogP contribution < -0.4 is 10.9 Å². The first-order valence-electron chi connectivity index (χ1n) is 7.00. The number of fused-ring (bicyclic) bond motifs is 2. The third-order valence-corrected chi connectivity index (χ3v) is 4.45. The molecule has 8 nitrogen and oxygen atoms in total. The molecule has 0 aliphatic heterocycles. The number of H-pyrrole nitrogens is 1. The van der Waals surface area contributed by atoms with Gasteiger partial charge in [0, 0.05) is 29.4 Å². The lowest BCUT2D eigenvalue weighted by molar-refractivity contribution is 0.0677. The molecule has 0 spiro atoms. The van der Waals surface area contributed by atoms with Gasteiger partial charge in [0.1, 0.15) is 11.4 Å². The number of nitrogens with one attached hydrogen (secondary N) is 1. The molecule has 0 saturated carbocycles. The number of carbonyl (C=O) groups is 2. The monoisotopic (exact) mass is 362 g/mol. The first-order valence-corrected chi connectivity index (χ1v) is 7.38. The number of nitrogens with zero attached hydrogens (tertiary/aromatic N) is 1. The second kappa shape index (κ2) is 5.45.